The predicted molar refractivity (Wildman–Crippen MR) is 131 cm³/mol. The Kier molecular flexibility index (Phi) is 7.11. The number of carbonyl (C=O) groups excluding carboxylic acids is 2. The first-order valence-corrected chi connectivity index (χ1v) is 12.3. The fraction of sp³-hybridized carbons (Fsp3) is 0.385. The van der Waals surface area contributed by atoms with E-state index in [2.05, 4.69) is 15.0 Å². The lowest BCUT2D eigenvalue weighted by atomic mass is 10.1. The van der Waals surface area contributed by atoms with Crippen molar-refractivity contribution in [1.82, 2.24) is 24.8 Å². The fourth-order valence-electron chi connectivity index (χ4n) is 4.72. The van der Waals surface area contributed by atoms with Crippen LogP contribution < -0.4 is 0 Å². The molecular weight excluding hydrogens is 466 g/mol. The number of halogens is 1. The first-order chi connectivity index (χ1) is 17.0. The van der Waals surface area contributed by atoms with Gasteiger partial charge < -0.3 is 14.3 Å². The van der Waals surface area contributed by atoms with Crippen molar-refractivity contribution in [3.8, 4) is 11.5 Å². The SMILES string of the molecule is O=C1CC(C(=O)N2CCCN(Cc3noc(-c4ccccc4)n3)CC2)CN1Cc1ccc(Cl)cc1. The van der Waals surface area contributed by atoms with Gasteiger partial charge in [-0.1, -0.05) is 47.1 Å². The zero-order valence-electron chi connectivity index (χ0n) is 19.5. The van der Waals surface area contributed by atoms with Crippen molar-refractivity contribution in [2.45, 2.75) is 25.9 Å². The normalized spacial score (nSPS) is 19.2. The molecule has 2 aliphatic rings. The number of nitrogens with zero attached hydrogens (tertiary/aromatic N) is 5. The highest BCUT2D eigenvalue weighted by Crippen LogP contribution is 2.24. The zero-order chi connectivity index (χ0) is 24.2. The molecule has 2 amide bonds. The van der Waals surface area contributed by atoms with E-state index in [1.165, 1.54) is 0 Å². The first kappa shape index (κ1) is 23.5. The fourth-order valence-corrected chi connectivity index (χ4v) is 4.85. The standard InChI is InChI=1S/C26H28ClN5O3/c27-22-9-7-19(8-10-22)16-32-17-21(15-24(32)33)26(34)31-12-4-11-30(13-14-31)18-23-28-25(35-29-23)20-5-2-1-3-6-20/h1-3,5-10,21H,4,11-18H2. The Morgan fingerprint density at radius 3 is 2.60 bits per heavy atom. The van der Waals surface area contributed by atoms with Crippen LogP contribution in [0.5, 0.6) is 0 Å². The Balaban J connectivity index is 1.14. The molecule has 1 unspecified atom stereocenters. The van der Waals surface area contributed by atoms with E-state index >= 15 is 0 Å². The second-order valence-electron chi connectivity index (χ2n) is 9.14. The van der Waals surface area contributed by atoms with Crippen LogP contribution in [0.1, 0.15) is 24.2 Å². The lowest BCUT2D eigenvalue weighted by molar-refractivity contribution is -0.135. The number of amides is 2. The van der Waals surface area contributed by atoms with Gasteiger partial charge in [-0.25, -0.2) is 0 Å². The largest absolute Gasteiger partial charge is 0.341 e. The number of hydrogen-bond donors (Lipinski definition) is 0. The molecule has 35 heavy (non-hydrogen) atoms. The molecule has 2 fully saturated rings. The van der Waals surface area contributed by atoms with Gasteiger partial charge >= 0.3 is 0 Å². The third-order valence-corrected chi connectivity index (χ3v) is 6.86. The van der Waals surface area contributed by atoms with E-state index in [0.29, 0.717) is 49.5 Å². The van der Waals surface area contributed by atoms with Gasteiger partial charge in [-0.2, -0.15) is 4.98 Å². The van der Waals surface area contributed by atoms with E-state index in [4.69, 9.17) is 16.1 Å². The molecule has 1 atom stereocenters. The van der Waals surface area contributed by atoms with Gasteiger partial charge in [-0.05, 0) is 36.2 Å². The minimum Gasteiger partial charge on any atom is -0.341 e. The lowest BCUT2D eigenvalue weighted by Crippen LogP contribution is -2.39. The van der Waals surface area contributed by atoms with Crippen molar-refractivity contribution >= 4 is 23.4 Å². The minimum atomic E-state index is -0.285. The highest BCUT2D eigenvalue weighted by atomic mass is 35.5. The van der Waals surface area contributed by atoms with Gasteiger partial charge in [-0.15, -0.1) is 0 Å². The van der Waals surface area contributed by atoms with E-state index in [0.717, 1.165) is 30.6 Å². The summed E-state index contributed by atoms with van der Waals surface area (Å²) in [6.07, 6.45) is 1.14. The maximum Gasteiger partial charge on any atom is 0.257 e. The molecular formula is C26H28ClN5O3. The average Bonchev–Trinajstić information content (AvgIpc) is 3.41. The van der Waals surface area contributed by atoms with E-state index in [9.17, 15) is 9.59 Å². The third kappa shape index (κ3) is 5.71. The van der Waals surface area contributed by atoms with Crippen LogP contribution in [0.15, 0.2) is 59.1 Å². The maximum atomic E-state index is 13.2. The molecule has 1 aromatic heterocycles. The topological polar surface area (TPSA) is 82.8 Å². The van der Waals surface area contributed by atoms with Crippen LogP contribution in [0, 0.1) is 5.92 Å². The molecule has 0 spiro atoms. The van der Waals surface area contributed by atoms with Crippen molar-refractivity contribution in [2.75, 3.05) is 32.7 Å². The Morgan fingerprint density at radius 2 is 1.80 bits per heavy atom. The third-order valence-electron chi connectivity index (χ3n) is 6.60. The summed E-state index contributed by atoms with van der Waals surface area (Å²) in [5, 5.41) is 4.80. The summed E-state index contributed by atoms with van der Waals surface area (Å²) in [7, 11) is 0. The number of carbonyl (C=O) groups is 2. The molecule has 2 aliphatic heterocycles. The van der Waals surface area contributed by atoms with Crippen LogP contribution in [0.3, 0.4) is 0 Å². The molecule has 9 heteroatoms. The summed E-state index contributed by atoms with van der Waals surface area (Å²) in [5.74, 6) is 0.974. The van der Waals surface area contributed by atoms with Crippen molar-refractivity contribution in [2.24, 2.45) is 5.92 Å². The Labute approximate surface area is 209 Å². The van der Waals surface area contributed by atoms with Crippen molar-refractivity contribution in [3.63, 3.8) is 0 Å². The average molecular weight is 494 g/mol. The molecule has 3 aromatic rings. The van der Waals surface area contributed by atoms with Crippen LogP contribution in [0.2, 0.25) is 5.02 Å². The quantitative estimate of drug-likeness (QED) is 0.523. The summed E-state index contributed by atoms with van der Waals surface area (Å²) in [6, 6.07) is 17.2. The molecule has 182 valence electrons. The van der Waals surface area contributed by atoms with Crippen molar-refractivity contribution in [3.05, 3.63) is 71.0 Å². The van der Waals surface area contributed by atoms with Gasteiger partial charge in [-0.3, -0.25) is 14.5 Å². The van der Waals surface area contributed by atoms with Gasteiger partial charge in [0.25, 0.3) is 5.89 Å². The van der Waals surface area contributed by atoms with Gasteiger partial charge in [0.05, 0.1) is 12.5 Å². The number of rotatable bonds is 6. The van der Waals surface area contributed by atoms with Gasteiger partial charge in [0.2, 0.25) is 11.8 Å². The van der Waals surface area contributed by atoms with E-state index in [1.807, 2.05) is 59.5 Å². The summed E-state index contributed by atoms with van der Waals surface area (Å²) in [4.78, 5) is 36.3. The molecule has 0 bridgehead atoms. The highest BCUT2D eigenvalue weighted by molar-refractivity contribution is 6.30. The highest BCUT2D eigenvalue weighted by Gasteiger charge is 2.36. The molecule has 0 saturated carbocycles. The van der Waals surface area contributed by atoms with E-state index < -0.39 is 0 Å². The summed E-state index contributed by atoms with van der Waals surface area (Å²) in [5.41, 5.74) is 1.91. The van der Waals surface area contributed by atoms with Gasteiger partial charge in [0.1, 0.15) is 0 Å². The molecule has 5 rings (SSSR count). The lowest BCUT2D eigenvalue weighted by Gasteiger charge is -2.24. The molecule has 3 heterocycles. The maximum absolute atomic E-state index is 13.2. The molecule has 0 radical (unpaired) electrons. The molecule has 2 saturated heterocycles. The minimum absolute atomic E-state index is 0.0288. The van der Waals surface area contributed by atoms with E-state index in [1.54, 1.807) is 4.90 Å². The number of benzene rings is 2. The van der Waals surface area contributed by atoms with Crippen molar-refractivity contribution < 1.29 is 14.1 Å². The van der Waals surface area contributed by atoms with Crippen LogP contribution in [0.4, 0.5) is 0 Å². The molecule has 2 aromatic carbocycles. The summed E-state index contributed by atoms with van der Waals surface area (Å²) in [6.45, 7) is 4.45. The Bertz CT molecular complexity index is 1170. The monoisotopic (exact) mass is 493 g/mol. The Hall–Kier alpha value is -3.23. The van der Waals surface area contributed by atoms with Crippen LogP contribution in [-0.2, 0) is 22.7 Å². The Morgan fingerprint density at radius 1 is 1.00 bits per heavy atom. The van der Waals surface area contributed by atoms with Crippen molar-refractivity contribution in [1.29, 1.82) is 0 Å². The second-order valence-corrected chi connectivity index (χ2v) is 9.57. The van der Waals surface area contributed by atoms with Crippen LogP contribution in [-0.4, -0.2) is 69.4 Å². The zero-order valence-corrected chi connectivity index (χ0v) is 20.2. The van der Waals surface area contributed by atoms with Gasteiger partial charge in [0.15, 0.2) is 5.82 Å². The predicted octanol–water partition coefficient (Wildman–Crippen LogP) is 3.47. The van der Waals surface area contributed by atoms with Crippen LogP contribution >= 0.6 is 11.6 Å². The first-order valence-electron chi connectivity index (χ1n) is 12.0. The number of hydrogen-bond acceptors (Lipinski definition) is 6. The van der Waals surface area contributed by atoms with Crippen LogP contribution in [0.25, 0.3) is 11.5 Å². The smallest absolute Gasteiger partial charge is 0.257 e. The molecule has 0 N–H and O–H groups in total. The van der Waals surface area contributed by atoms with Gasteiger partial charge in [0, 0.05) is 56.3 Å². The summed E-state index contributed by atoms with van der Waals surface area (Å²) < 4.78 is 5.42. The molecule has 0 aliphatic carbocycles. The second kappa shape index (κ2) is 10.6. The number of likely N-dealkylation sites (tertiary alicyclic amines) is 1. The number of aromatic nitrogens is 2. The van der Waals surface area contributed by atoms with E-state index in [-0.39, 0.29) is 24.2 Å². The summed E-state index contributed by atoms with van der Waals surface area (Å²) >= 11 is 5.96. The molecule has 8 nitrogen and oxygen atoms in total.